The largest absolute Gasteiger partial charge is 0.497 e. The van der Waals surface area contributed by atoms with Gasteiger partial charge in [-0.15, -0.1) is 0 Å². The molecule has 196 valence electrons. The first-order valence-corrected chi connectivity index (χ1v) is 14.1. The zero-order chi connectivity index (χ0) is 26.5. The number of sulfonamides is 1. The molecule has 0 aromatic heterocycles. The van der Waals surface area contributed by atoms with E-state index in [1.807, 2.05) is 32.0 Å². The summed E-state index contributed by atoms with van der Waals surface area (Å²) >= 11 is 0. The smallest absolute Gasteiger partial charge is 0.244 e. The molecule has 2 amide bonds. The van der Waals surface area contributed by atoms with Crippen LogP contribution in [0.3, 0.4) is 0 Å². The Hall–Kier alpha value is -3.07. The zero-order valence-electron chi connectivity index (χ0n) is 21.8. The molecule has 3 rings (SSSR count). The van der Waals surface area contributed by atoms with E-state index in [9.17, 15) is 18.0 Å². The van der Waals surface area contributed by atoms with E-state index >= 15 is 0 Å². The van der Waals surface area contributed by atoms with Crippen molar-refractivity contribution in [3.8, 4) is 5.75 Å². The lowest BCUT2D eigenvalue weighted by molar-refractivity contribution is -0.139. The molecule has 8 nitrogen and oxygen atoms in total. The molecule has 0 saturated heterocycles. The van der Waals surface area contributed by atoms with Gasteiger partial charge < -0.3 is 15.0 Å². The first-order chi connectivity index (χ1) is 17.0. The quantitative estimate of drug-likeness (QED) is 0.522. The maximum Gasteiger partial charge on any atom is 0.244 e. The van der Waals surface area contributed by atoms with E-state index in [0.29, 0.717) is 11.4 Å². The van der Waals surface area contributed by atoms with Crippen molar-refractivity contribution >= 4 is 27.5 Å². The fraction of sp³-hybridized carbons (Fsp3) is 0.481. The number of hydrogen-bond acceptors (Lipinski definition) is 5. The number of nitrogens with one attached hydrogen (secondary N) is 1. The number of benzene rings is 2. The lowest BCUT2D eigenvalue weighted by Crippen LogP contribution is -2.52. The average Bonchev–Trinajstić information content (AvgIpc) is 3.35. The number of aryl methyl sites for hydroxylation is 1. The minimum atomic E-state index is -3.77. The minimum Gasteiger partial charge on any atom is -0.497 e. The third kappa shape index (κ3) is 6.78. The Morgan fingerprint density at radius 1 is 1.11 bits per heavy atom. The van der Waals surface area contributed by atoms with Crippen molar-refractivity contribution in [2.24, 2.45) is 0 Å². The van der Waals surface area contributed by atoms with Crippen LogP contribution >= 0.6 is 0 Å². The molecule has 9 heteroatoms. The number of hydrogen-bond donors (Lipinski definition) is 1. The Kier molecular flexibility index (Phi) is 9.00. The summed E-state index contributed by atoms with van der Waals surface area (Å²) in [5.74, 6) is -0.0647. The van der Waals surface area contributed by atoms with Gasteiger partial charge in [0.15, 0.2) is 0 Å². The highest BCUT2D eigenvalue weighted by Crippen LogP contribution is 2.26. The number of ether oxygens (including phenoxy) is 1. The predicted octanol–water partition coefficient (Wildman–Crippen LogP) is 3.55. The van der Waals surface area contributed by atoms with Crippen molar-refractivity contribution in [1.29, 1.82) is 0 Å². The fourth-order valence-electron chi connectivity index (χ4n) is 4.54. The fourth-order valence-corrected chi connectivity index (χ4v) is 5.44. The maximum absolute atomic E-state index is 13.7. The second kappa shape index (κ2) is 11.8. The Labute approximate surface area is 214 Å². The number of amides is 2. The van der Waals surface area contributed by atoms with Gasteiger partial charge in [0.1, 0.15) is 18.3 Å². The molecule has 0 spiro atoms. The Bertz CT molecular complexity index is 1190. The van der Waals surface area contributed by atoms with E-state index in [-0.39, 0.29) is 18.5 Å². The van der Waals surface area contributed by atoms with Crippen LogP contribution in [0, 0.1) is 13.8 Å². The summed E-state index contributed by atoms with van der Waals surface area (Å²) in [4.78, 5) is 28.3. The third-order valence-corrected chi connectivity index (χ3v) is 8.01. The molecule has 1 fully saturated rings. The van der Waals surface area contributed by atoms with Gasteiger partial charge in [0.05, 0.1) is 19.1 Å². The molecule has 1 aliphatic carbocycles. The lowest BCUT2D eigenvalue weighted by Gasteiger charge is -2.32. The van der Waals surface area contributed by atoms with E-state index in [2.05, 4.69) is 5.32 Å². The van der Waals surface area contributed by atoms with E-state index in [1.165, 1.54) is 4.90 Å². The highest BCUT2D eigenvalue weighted by Gasteiger charge is 2.32. The summed E-state index contributed by atoms with van der Waals surface area (Å²) in [6.07, 6.45) is 5.09. The third-order valence-electron chi connectivity index (χ3n) is 6.88. The van der Waals surface area contributed by atoms with Crippen molar-refractivity contribution in [1.82, 2.24) is 10.2 Å². The maximum atomic E-state index is 13.7. The molecule has 1 atom stereocenters. The summed E-state index contributed by atoms with van der Waals surface area (Å²) < 4.78 is 32.0. The van der Waals surface area contributed by atoms with Crippen molar-refractivity contribution in [3.05, 3.63) is 59.2 Å². The number of carbonyl (C=O) groups excluding carboxylic acids is 2. The van der Waals surface area contributed by atoms with Gasteiger partial charge in [0.2, 0.25) is 21.8 Å². The van der Waals surface area contributed by atoms with E-state index in [1.54, 1.807) is 38.3 Å². The van der Waals surface area contributed by atoms with Crippen LogP contribution < -0.4 is 14.4 Å². The SMILES string of the molecule is COc1cccc(CN(C(=O)CN(c2cccc(C)c2C)S(C)(=O)=O)[C@H](C)C(=O)NC2CCCC2)c1. The highest BCUT2D eigenvalue weighted by molar-refractivity contribution is 7.92. The van der Waals surface area contributed by atoms with Gasteiger partial charge in [-0.1, -0.05) is 37.1 Å². The molecule has 2 aromatic carbocycles. The molecular formula is C27H37N3O5S. The van der Waals surface area contributed by atoms with Gasteiger partial charge >= 0.3 is 0 Å². The number of anilines is 1. The van der Waals surface area contributed by atoms with Crippen molar-refractivity contribution < 1.29 is 22.7 Å². The Morgan fingerprint density at radius 2 is 1.78 bits per heavy atom. The summed E-state index contributed by atoms with van der Waals surface area (Å²) in [6, 6.07) is 12.0. The van der Waals surface area contributed by atoms with Crippen LogP contribution in [0.1, 0.15) is 49.3 Å². The zero-order valence-corrected chi connectivity index (χ0v) is 22.6. The van der Waals surface area contributed by atoms with Crippen LogP contribution in [-0.4, -0.2) is 57.1 Å². The molecule has 1 N–H and O–H groups in total. The van der Waals surface area contributed by atoms with Crippen LogP contribution in [0.4, 0.5) is 5.69 Å². The van der Waals surface area contributed by atoms with Crippen molar-refractivity contribution in [3.63, 3.8) is 0 Å². The van der Waals surface area contributed by atoms with Gasteiger partial charge in [-0.25, -0.2) is 8.42 Å². The average molecular weight is 516 g/mol. The molecule has 1 aliphatic rings. The van der Waals surface area contributed by atoms with E-state index in [0.717, 1.165) is 52.9 Å². The van der Waals surface area contributed by atoms with Gasteiger partial charge in [-0.05, 0) is 68.5 Å². The number of methoxy groups -OCH3 is 1. The van der Waals surface area contributed by atoms with Crippen molar-refractivity contribution in [2.45, 2.75) is 65.1 Å². The molecule has 0 unspecified atom stereocenters. The monoisotopic (exact) mass is 515 g/mol. The molecular weight excluding hydrogens is 478 g/mol. The number of nitrogens with zero attached hydrogens (tertiary/aromatic N) is 2. The normalized spacial score (nSPS) is 14.8. The molecule has 1 saturated carbocycles. The van der Waals surface area contributed by atoms with Gasteiger partial charge in [-0.3, -0.25) is 13.9 Å². The summed E-state index contributed by atoms with van der Waals surface area (Å²) in [7, 11) is -2.21. The summed E-state index contributed by atoms with van der Waals surface area (Å²) in [5.41, 5.74) is 2.93. The number of rotatable bonds is 10. The summed E-state index contributed by atoms with van der Waals surface area (Å²) in [5, 5.41) is 3.06. The topological polar surface area (TPSA) is 96.0 Å². The van der Waals surface area contributed by atoms with E-state index < -0.39 is 28.5 Å². The molecule has 0 bridgehead atoms. The van der Waals surface area contributed by atoms with Crippen LogP contribution in [0.5, 0.6) is 5.75 Å². The lowest BCUT2D eigenvalue weighted by atomic mass is 10.1. The number of carbonyl (C=O) groups is 2. The van der Waals surface area contributed by atoms with Gasteiger partial charge in [-0.2, -0.15) is 0 Å². The predicted molar refractivity (Wildman–Crippen MR) is 142 cm³/mol. The highest BCUT2D eigenvalue weighted by atomic mass is 32.2. The minimum absolute atomic E-state index is 0.108. The van der Waals surface area contributed by atoms with Crippen LogP contribution in [0.25, 0.3) is 0 Å². The van der Waals surface area contributed by atoms with Crippen LogP contribution in [0.15, 0.2) is 42.5 Å². The van der Waals surface area contributed by atoms with E-state index in [4.69, 9.17) is 4.74 Å². The van der Waals surface area contributed by atoms with Crippen LogP contribution in [0.2, 0.25) is 0 Å². The standard InChI is InChI=1S/C27H37N3O5S/c1-19-10-8-15-25(20(19)2)30(36(5,33)34)18-26(31)29(17-22-11-9-14-24(16-22)35-4)21(3)27(32)28-23-12-6-7-13-23/h8-11,14-16,21,23H,6-7,12-13,17-18H2,1-5H3,(H,28,32)/t21-/m1/s1. The second-order valence-electron chi connectivity index (χ2n) is 9.53. The second-order valence-corrected chi connectivity index (χ2v) is 11.4. The van der Waals surface area contributed by atoms with Gasteiger partial charge in [0, 0.05) is 12.6 Å². The molecule has 2 aromatic rings. The van der Waals surface area contributed by atoms with Crippen molar-refractivity contribution in [2.75, 3.05) is 24.2 Å². The molecule has 0 aliphatic heterocycles. The van der Waals surface area contributed by atoms with Crippen LogP contribution in [-0.2, 0) is 26.2 Å². The first kappa shape index (κ1) is 27.5. The van der Waals surface area contributed by atoms with Gasteiger partial charge in [0.25, 0.3) is 0 Å². The molecule has 0 heterocycles. The first-order valence-electron chi connectivity index (χ1n) is 12.3. The Morgan fingerprint density at radius 3 is 2.42 bits per heavy atom. The Balaban J connectivity index is 1.92. The molecule has 0 radical (unpaired) electrons. The summed E-state index contributed by atoms with van der Waals surface area (Å²) in [6.45, 7) is 5.14. The molecule has 36 heavy (non-hydrogen) atoms.